The van der Waals surface area contributed by atoms with Crippen LogP contribution in [0.5, 0.6) is 0 Å². The van der Waals surface area contributed by atoms with Crippen molar-refractivity contribution >= 4 is 11.8 Å². The first kappa shape index (κ1) is 14.1. The maximum absolute atomic E-state index is 11.7. The second-order valence-corrected chi connectivity index (χ2v) is 3.77. The second kappa shape index (κ2) is 7.39. The minimum atomic E-state index is -0.307. The van der Waals surface area contributed by atoms with Crippen LogP contribution in [0.2, 0.25) is 0 Å². The van der Waals surface area contributed by atoms with Crippen LogP contribution in [0, 0.1) is 0 Å². The molecule has 0 aliphatic rings. The first-order valence-corrected chi connectivity index (χ1v) is 5.87. The highest BCUT2D eigenvalue weighted by Crippen LogP contribution is 2.00. The lowest BCUT2D eigenvalue weighted by molar-refractivity contribution is -0.120. The minimum absolute atomic E-state index is 0.0287. The van der Waals surface area contributed by atoms with Gasteiger partial charge in [-0.15, -0.1) is 0 Å². The van der Waals surface area contributed by atoms with Crippen molar-refractivity contribution in [3.8, 4) is 0 Å². The van der Waals surface area contributed by atoms with E-state index in [4.69, 9.17) is 5.73 Å². The number of nitrogens with two attached hydrogens (primary N) is 1. The number of nitrogens with one attached hydrogen (secondary N) is 2. The zero-order valence-corrected chi connectivity index (χ0v) is 10.4. The third-order valence-corrected chi connectivity index (χ3v) is 2.27. The summed E-state index contributed by atoms with van der Waals surface area (Å²) in [6.45, 7) is 2.82. The van der Waals surface area contributed by atoms with E-state index in [0.29, 0.717) is 17.8 Å². The molecule has 2 amide bonds. The molecule has 0 fully saturated rings. The first-order valence-electron chi connectivity index (χ1n) is 5.87. The Morgan fingerprint density at radius 2 is 2.17 bits per heavy atom. The van der Waals surface area contributed by atoms with E-state index < -0.39 is 0 Å². The van der Waals surface area contributed by atoms with Gasteiger partial charge in [0.2, 0.25) is 5.91 Å². The SMILES string of the molecule is CCCNC(=O)CNC(=O)c1ccnc(CN)c1. The third-order valence-electron chi connectivity index (χ3n) is 2.27. The fraction of sp³-hybridized carbons (Fsp3) is 0.417. The van der Waals surface area contributed by atoms with Crippen molar-refractivity contribution in [3.05, 3.63) is 29.6 Å². The molecule has 0 radical (unpaired) electrons. The Hall–Kier alpha value is -1.95. The molecule has 18 heavy (non-hydrogen) atoms. The lowest BCUT2D eigenvalue weighted by Crippen LogP contribution is -2.37. The standard InChI is InChI=1S/C12H18N4O2/c1-2-4-15-11(17)8-16-12(18)9-3-5-14-10(6-9)7-13/h3,5-6H,2,4,7-8,13H2,1H3,(H,15,17)(H,16,18). The van der Waals surface area contributed by atoms with Crippen LogP contribution in [0.3, 0.4) is 0 Å². The largest absolute Gasteiger partial charge is 0.355 e. The van der Waals surface area contributed by atoms with E-state index in [1.807, 2.05) is 6.92 Å². The molecule has 0 spiro atoms. The predicted molar refractivity (Wildman–Crippen MR) is 67.8 cm³/mol. The van der Waals surface area contributed by atoms with Crippen molar-refractivity contribution in [1.82, 2.24) is 15.6 Å². The van der Waals surface area contributed by atoms with E-state index in [2.05, 4.69) is 15.6 Å². The summed E-state index contributed by atoms with van der Waals surface area (Å²) in [5.74, 6) is -0.503. The Bertz CT molecular complexity index is 420. The maximum Gasteiger partial charge on any atom is 0.251 e. The molecule has 1 aromatic rings. The number of aromatic nitrogens is 1. The van der Waals surface area contributed by atoms with Gasteiger partial charge in [-0.25, -0.2) is 0 Å². The highest BCUT2D eigenvalue weighted by Gasteiger charge is 2.08. The number of carbonyl (C=O) groups is 2. The third kappa shape index (κ3) is 4.50. The molecular formula is C12H18N4O2. The Labute approximate surface area is 106 Å². The van der Waals surface area contributed by atoms with Gasteiger partial charge in [0.1, 0.15) is 0 Å². The molecule has 6 nitrogen and oxygen atoms in total. The van der Waals surface area contributed by atoms with Gasteiger partial charge in [-0.05, 0) is 18.6 Å². The van der Waals surface area contributed by atoms with E-state index in [9.17, 15) is 9.59 Å². The highest BCUT2D eigenvalue weighted by atomic mass is 16.2. The van der Waals surface area contributed by atoms with Crippen molar-refractivity contribution in [1.29, 1.82) is 0 Å². The van der Waals surface area contributed by atoms with Crippen LogP contribution < -0.4 is 16.4 Å². The predicted octanol–water partition coefficient (Wildman–Crippen LogP) is -0.204. The highest BCUT2D eigenvalue weighted by molar-refractivity contribution is 5.96. The number of rotatable bonds is 6. The summed E-state index contributed by atoms with van der Waals surface area (Å²) in [6.07, 6.45) is 2.39. The minimum Gasteiger partial charge on any atom is -0.355 e. The van der Waals surface area contributed by atoms with Gasteiger partial charge >= 0.3 is 0 Å². The zero-order chi connectivity index (χ0) is 13.4. The fourth-order valence-corrected chi connectivity index (χ4v) is 1.32. The number of carbonyl (C=O) groups excluding carboxylic acids is 2. The van der Waals surface area contributed by atoms with Crippen molar-refractivity contribution < 1.29 is 9.59 Å². The molecule has 1 heterocycles. The lowest BCUT2D eigenvalue weighted by atomic mass is 10.2. The number of pyridine rings is 1. The van der Waals surface area contributed by atoms with E-state index in [0.717, 1.165) is 6.42 Å². The van der Waals surface area contributed by atoms with E-state index >= 15 is 0 Å². The van der Waals surface area contributed by atoms with Crippen molar-refractivity contribution in [2.45, 2.75) is 19.9 Å². The Morgan fingerprint density at radius 3 is 2.83 bits per heavy atom. The fourth-order valence-electron chi connectivity index (χ4n) is 1.32. The van der Waals surface area contributed by atoms with Crippen molar-refractivity contribution in [2.24, 2.45) is 5.73 Å². The molecule has 0 aliphatic carbocycles. The van der Waals surface area contributed by atoms with E-state index in [1.54, 1.807) is 12.1 Å². The number of nitrogens with zero attached hydrogens (tertiary/aromatic N) is 1. The second-order valence-electron chi connectivity index (χ2n) is 3.77. The van der Waals surface area contributed by atoms with Gasteiger partial charge < -0.3 is 16.4 Å². The van der Waals surface area contributed by atoms with Crippen LogP contribution in [0.4, 0.5) is 0 Å². The van der Waals surface area contributed by atoms with Crippen LogP contribution >= 0.6 is 0 Å². The van der Waals surface area contributed by atoms with Crippen LogP contribution in [0.25, 0.3) is 0 Å². The van der Waals surface area contributed by atoms with Gasteiger partial charge in [0.15, 0.2) is 0 Å². The Morgan fingerprint density at radius 1 is 1.39 bits per heavy atom. The van der Waals surface area contributed by atoms with E-state index in [-0.39, 0.29) is 24.9 Å². The summed E-state index contributed by atoms with van der Waals surface area (Å²) in [6, 6.07) is 3.19. The summed E-state index contributed by atoms with van der Waals surface area (Å²) < 4.78 is 0. The quantitative estimate of drug-likeness (QED) is 0.651. The molecule has 0 aromatic carbocycles. The topological polar surface area (TPSA) is 97.1 Å². The van der Waals surface area contributed by atoms with Crippen LogP contribution in [-0.4, -0.2) is 29.9 Å². The van der Waals surface area contributed by atoms with Gasteiger partial charge in [0.05, 0.1) is 12.2 Å². The molecule has 0 saturated carbocycles. The van der Waals surface area contributed by atoms with Gasteiger partial charge in [0.25, 0.3) is 5.91 Å². The van der Waals surface area contributed by atoms with Gasteiger partial charge in [-0.3, -0.25) is 14.6 Å². The van der Waals surface area contributed by atoms with Crippen molar-refractivity contribution in [2.75, 3.05) is 13.1 Å². The van der Waals surface area contributed by atoms with Crippen LogP contribution in [-0.2, 0) is 11.3 Å². The molecule has 0 bridgehead atoms. The normalized spacial score (nSPS) is 9.89. The smallest absolute Gasteiger partial charge is 0.251 e. The Balaban J connectivity index is 2.47. The van der Waals surface area contributed by atoms with Crippen LogP contribution in [0.1, 0.15) is 29.4 Å². The average molecular weight is 250 g/mol. The Kier molecular flexibility index (Phi) is 5.79. The summed E-state index contributed by atoms with van der Waals surface area (Å²) in [5, 5.41) is 5.22. The molecule has 0 aliphatic heterocycles. The summed E-state index contributed by atoms with van der Waals surface area (Å²) in [7, 11) is 0. The van der Waals surface area contributed by atoms with Gasteiger partial charge in [-0.2, -0.15) is 0 Å². The molecular weight excluding hydrogens is 232 g/mol. The van der Waals surface area contributed by atoms with Crippen molar-refractivity contribution in [3.63, 3.8) is 0 Å². The summed E-state index contributed by atoms with van der Waals surface area (Å²) in [5.41, 5.74) is 6.53. The average Bonchev–Trinajstić information content (AvgIpc) is 2.42. The molecule has 1 rings (SSSR count). The van der Waals surface area contributed by atoms with Crippen LogP contribution in [0.15, 0.2) is 18.3 Å². The summed E-state index contributed by atoms with van der Waals surface area (Å²) in [4.78, 5) is 27.0. The van der Waals surface area contributed by atoms with Gasteiger partial charge in [-0.1, -0.05) is 6.92 Å². The summed E-state index contributed by atoms with van der Waals surface area (Å²) >= 11 is 0. The zero-order valence-electron chi connectivity index (χ0n) is 10.4. The van der Waals surface area contributed by atoms with Gasteiger partial charge in [0, 0.05) is 24.8 Å². The molecule has 4 N–H and O–H groups in total. The first-order chi connectivity index (χ1) is 8.67. The number of hydrogen-bond donors (Lipinski definition) is 3. The monoisotopic (exact) mass is 250 g/mol. The number of hydrogen-bond acceptors (Lipinski definition) is 4. The maximum atomic E-state index is 11.7. The molecule has 0 saturated heterocycles. The molecule has 6 heteroatoms. The molecule has 0 atom stereocenters. The molecule has 1 aromatic heterocycles. The molecule has 98 valence electrons. The van der Waals surface area contributed by atoms with E-state index in [1.165, 1.54) is 6.20 Å². The molecule has 0 unspecified atom stereocenters. The number of amides is 2. The lowest BCUT2D eigenvalue weighted by Gasteiger charge is -2.06.